The van der Waals surface area contributed by atoms with Crippen LogP contribution in [0.2, 0.25) is 0 Å². The second kappa shape index (κ2) is 6.66. The lowest BCUT2D eigenvalue weighted by molar-refractivity contribution is -0.118. The van der Waals surface area contributed by atoms with Gasteiger partial charge in [-0.2, -0.15) is 0 Å². The van der Waals surface area contributed by atoms with Gasteiger partial charge in [-0.3, -0.25) is 14.5 Å². The number of ketones is 1. The maximum absolute atomic E-state index is 12.9. The maximum atomic E-state index is 12.9. The number of para-hydroxylation sites is 1. The number of carbonyl (C=O) groups excluding carboxylic acids is 2. The third kappa shape index (κ3) is 2.94. The van der Waals surface area contributed by atoms with E-state index in [0.29, 0.717) is 10.9 Å². The first-order chi connectivity index (χ1) is 13.0. The number of rotatable bonds is 5. The lowest BCUT2D eigenvalue weighted by Gasteiger charge is -2.22. The Labute approximate surface area is 159 Å². The van der Waals surface area contributed by atoms with Crippen LogP contribution in [0, 0.1) is 5.92 Å². The van der Waals surface area contributed by atoms with Crippen LogP contribution >= 0.6 is 11.3 Å². The van der Waals surface area contributed by atoms with Crippen LogP contribution in [0.3, 0.4) is 0 Å². The van der Waals surface area contributed by atoms with Crippen molar-refractivity contribution in [3.63, 3.8) is 0 Å². The van der Waals surface area contributed by atoms with E-state index < -0.39 is 17.7 Å². The highest BCUT2D eigenvalue weighted by Gasteiger charge is 2.46. The molecule has 27 heavy (non-hydrogen) atoms. The zero-order chi connectivity index (χ0) is 19.1. The van der Waals surface area contributed by atoms with Gasteiger partial charge < -0.3 is 9.52 Å². The zero-order valence-corrected chi connectivity index (χ0v) is 15.7. The number of aliphatic hydroxyl groups is 1. The van der Waals surface area contributed by atoms with Gasteiger partial charge in [-0.15, -0.1) is 0 Å². The fraction of sp³-hybridized carbons (Fsp3) is 0.250. The fourth-order valence-corrected chi connectivity index (χ4v) is 4.24. The van der Waals surface area contributed by atoms with E-state index in [1.165, 1.54) is 22.5 Å². The molecule has 0 saturated heterocycles. The Kier molecular flexibility index (Phi) is 4.31. The van der Waals surface area contributed by atoms with E-state index in [9.17, 15) is 14.7 Å². The Hall–Kier alpha value is -2.93. The number of Topliss-reactive ketones (excluding diaryl/α,β-unsaturated/α-hetero) is 1. The third-order valence-electron chi connectivity index (χ3n) is 4.40. The molecule has 4 rings (SSSR count). The van der Waals surface area contributed by atoms with Gasteiger partial charge in [0.15, 0.2) is 16.7 Å². The van der Waals surface area contributed by atoms with Gasteiger partial charge in [0.25, 0.3) is 5.91 Å². The smallest absolute Gasteiger partial charge is 0.296 e. The molecule has 0 bridgehead atoms. The summed E-state index contributed by atoms with van der Waals surface area (Å²) in [5, 5.41) is 10.9. The van der Waals surface area contributed by atoms with Crippen molar-refractivity contribution in [2.45, 2.75) is 26.3 Å². The molecule has 138 valence electrons. The average Bonchev–Trinajstić information content (AvgIpc) is 3.33. The van der Waals surface area contributed by atoms with Crippen molar-refractivity contribution < 1.29 is 19.1 Å². The lowest BCUT2D eigenvalue weighted by Crippen LogP contribution is -2.30. The number of benzene rings is 1. The Balaban J connectivity index is 1.84. The van der Waals surface area contributed by atoms with E-state index in [0.717, 1.165) is 10.2 Å². The van der Waals surface area contributed by atoms with Crippen LogP contribution in [-0.4, -0.2) is 21.8 Å². The third-order valence-corrected chi connectivity index (χ3v) is 5.44. The van der Waals surface area contributed by atoms with Crippen LogP contribution in [0.5, 0.6) is 0 Å². The van der Waals surface area contributed by atoms with Crippen molar-refractivity contribution in [2.24, 2.45) is 5.92 Å². The number of amides is 1. The second-order valence-corrected chi connectivity index (χ2v) is 7.85. The van der Waals surface area contributed by atoms with Crippen molar-refractivity contribution in [3.8, 4) is 0 Å². The molecule has 0 aliphatic carbocycles. The molecule has 1 atom stereocenters. The van der Waals surface area contributed by atoms with E-state index in [1.54, 1.807) is 12.1 Å². The maximum Gasteiger partial charge on any atom is 0.296 e. The molecule has 0 spiro atoms. The summed E-state index contributed by atoms with van der Waals surface area (Å²) in [4.78, 5) is 31.6. The molecule has 1 aromatic carbocycles. The minimum atomic E-state index is -0.820. The summed E-state index contributed by atoms with van der Waals surface area (Å²) in [7, 11) is 0. The summed E-state index contributed by atoms with van der Waals surface area (Å²) < 4.78 is 6.43. The Morgan fingerprint density at radius 3 is 2.74 bits per heavy atom. The normalized spacial score (nSPS) is 17.5. The highest BCUT2D eigenvalue weighted by Crippen LogP contribution is 2.43. The van der Waals surface area contributed by atoms with Crippen LogP contribution in [0.1, 0.15) is 32.1 Å². The molecule has 1 N–H and O–H groups in total. The molecular weight excluding hydrogens is 364 g/mol. The number of anilines is 1. The number of fused-ring (bicyclic) bond motifs is 1. The monoisotopic (exact) mass is 382 g/mol. The summed E-state index contributed by atoms with van der Waals surface area (Å²) >= 11 is 1.33. The van der Waals surface area contributed by atoms with E-state index in [-0.39, 0.29) is 23.7 Å². The fourth-order valence-electron chi connectivity index (χ4n) is 3.25. The van der Waals surface area contributed by atoms with Gasteiger partial charge in [0, 0.05) is 6.42 Å². The number of aromatic nitrogens is 1. The van der Waals surface area contributed by atoms with Gasteiger partial charge in [0.2, 0.25) is 0 Å². The van der Waals surface area contributed by atoms with Gasteiger partial charge >= 0.3 is 0 Å². The minimum Gasteiger partial charge on any atom is -0.503 e. The molecule has 1 aliphatic heterocycles. The van der Waals surface area contributed by atoms with Gasteiger partial charge in [-0.05, 0) is 30.2 Å². The summed E-state index contributed by atoms with van der Waals surface area (Å²) in [6.07, 6.45) is 1.72. The van der Waals surface area contributed by atoms with Crippen molar-refractivity contribution in [1.82, 2.24) is 4.98 Å². The highest BCUT2D eigenvalue weighted by atomic mass is 32.1. The standard InChI is InChI=1S/C20H18N2O4S/c1-11(2)10-13(23)16-17(14-7-5-9-26-14)22(19(25)18(16)24)20-21-12-6-3-4-8-15(12)27-20/h3-9,11,17,24H,10H2,1-2H3. The summed E-state index contributed by atoms with van der Waals surface area (Å²) in [6.45, 7) is 3.83. The summed E-state index contributed by atoms with van der Waals surface area (Å²) in [5.74, 6) is -0.912. The van der Waals surface area contributed by atoms with Crippen LogP contribution in [0.4, 0.5) is 5.13 Å². The van der Waals surface area contributed by atoms with Crippen molar-refractivity contribution in [2.75, 3.05) is 4.90 Å². The van der Waals surface area contributed by atoms with Crippen molar-refractivity contribution in [3.05, 3.63) is 59.8 Å². The molecule has 1 aliphatic rings. The molecule has 0 saturated carbocycles. The highest BCUT2D eigenvalue weighted by molar-refractivity contribution is 7.22. The number of hydrogen-bond donors (Lipinski definition) is 1. The molecule has 0 fully saturated rings. The van der Waals surface area contributed by atoms with Gasteiger partial charge in [-0.25, -0.2) is 4.98 Å². The van der Waals surface area contributed by atoms with Crippen LogP contribution in [0.25, 0.3) is 10.2 Å². The molecule has 1 amide bonds. The van der Waals surface area contributed by atoms with E-state index in [4.69, 9.17) is 4.42 Å². The summed E-state index contributed by atoms with van der Waals surface area (Å²) in [5.41, 5.74) is 0.827. The predicted molar refractivity (Wildman–Crippen MR) is 103 cm³/mol. The van der Waals surface area contributed by atoms with Gasteiger partial charge in [0.05, 0.1) is 22.1 Å². The lowest BCUT2D eigenvalue weighted by atomic mass is 9.95. The molecular formula is C20H18N2O4S. The number of nitrogens with zero attached hydrogens (tertiary/aromatic N) is 2. The molecule has 2 aromatic heterocycles. The minimum absolute atomic E-state index is 0.0721. The van der Waals surface area contributed by atoms with Crippen LogP contribution in [0.15, 0.2) is 58.4 Å². The van der Waals surface area contributed by atoms with E-state index >= 15 is 0 Å². The summed E-state index contributed by atoms with van der Waals surface area (Å²) in [6, 6.07) is 10.1. The van der Waals surface area contributed by atoms with Crippen LogP contribution in [-0.2, 0) is 9.59 Å². The Morgan fingerprint density at radius 1 is 1.30 bits per heavy atom. The SMILES string of the molecule is CC(C)CC(=O)C1=C(O)C(=O)N(c2nc3ccccc3s2)C1c1ccco1. The molecule has 3 heterocycles. The number of furan rings is 1. The molecule has 7 heteroatoms. The average molecular weight is 382 g/mol. The Bertz CT molecular complexity index is 1020. The first-order valence-electron chi connectivity index (χ1n) is 8.66. The van der Waals surface area contributed by atoms with Crippen molar-refractivity contribution in [1.29, 1.82) is 0 Å². The Morgan fingerprint density at radius 2 is 2.07 bits per heavy atom. The zero-order valence-electron chi connectivity index (χ0n) is 14.9. The second-order valence-electron chi connectivity index (χ2n) is 6.84. The number of thiazole rings is 1. The quantitative estimate of drug-likeness (QED) is 0.707. The first-order valence-corrected chi connectivity index (χ1v) is 9.48. The largest absolute Gasteiger partial charge is 0.503 e. The number of hydrogen-bond acceptors (Lipinski definition) is 6. The van der Waals surface area contributed by atoms with Gasteiger partial charge in [0.1, 0.15) is 11.8 Å². The predicted octanol–water partition coefficient (Wildman–Crippen LogP) is 4.40. The van der Waals surface area contributed by atoms with E-state index in [1.807, 2.05) is 38.1 Å². The first kappa shape index (κ1) is 17.5. The van der Waals surface area contributed by atoms with Crippen LogP contribution < -0.4 is 4.90 Å². The van der Waals surface area contributed by atoms with Gasteiger partial charge in [-0.1, -0.05) is 37.3 Å². The van der Waals surface area contributed by atoms with Crippen molar-refractivity contribution >= 4 is 38.4 Å². The number of carbonyl (C=O) groups is 2. The topological polar surface area (TPSA) is 83.6 Å². The van der Waals surface area contributed by atoms with E-state index in [2.05, 4.69) is 4.98 Å². The molecule has 6 nitrogen and oxygen atoms in total. The molecule has 1 unspecified atom stereocenters. The molecule has 0 radical (unpaired) electrons. The number of aliphatic hydroxyl groups excluding tert-OH is 1. The molecule has 3 aromatic rings.